The fourth-order valence-corrected chi connectivity index (χ4v) is 3.53. The normalized spacial score (nSPS) is 23.5. The van der Waals surface area contributed by atoms with Crippen molar-refractivity contribution in [2.75, 3.05) is 19.5 Å². The van der Waals surface area contributed by atoms with E-state index in [1.165, 1.54) is 7.05 Å². The lowest BCUT2D eigenvalue weighted by molar-refractivity contribution is 0.0669. The molecule has 1 aromatic carbocycles. The molecule has 1 aliphatic carbocycles. The number of para-hydroxylation sites is 1. The monoisotopic (exact) mass is 298 g/mol. The highest BCUT2D eigenvalue weighted by Crippen LogP contribution is 2.27. The predicted octanol–water partition coefficient (Wildman–Crippen LogP) is 1.96. The molecule has 112 valence electrons. The van der Waals surface area contributed by atoms with Gasteiger partial charge in [-0.05, 0) is 44.9 Å². The minimum atomic E-state index is -3.44. The zero-order chi connectivity index (χ0) is 14.6. The Bertz CT molecular complexity index is 545. The maximum atomic E-state index is 12.0. The van der Waals surface area contributed by atoms with Crippen LogP contribution in [0.25, 0.3) is 0 Å². The van der Waals surface area contributed by atoms with E-state index in [2.05, 4.69) is 10.0 Å². The Kier molecular flexibility index (Phi) is 5.01. The molecule has 0 bridgehead atoms. The standard InChI is InChI=1S/C14H22N2O3S/c1-15-20(17,18)14-9-4-3-8-13(14)16-11-6-5-7-12(10-11)19-2/h3-4,8-9,11-12,15-16H,5-7,10H2,1-2H3. The Labute approximate surface area is 120 Å². The maximum absolute atomic E-state index is 12.0. The first-order valence-electron chi connectivity index (χ1n) is 6.88. The number of methoxy groups -OCH3 is 1. The van der Waals surface area contributed by atoms with Gasteiger partial charge in [-0.15, -0.1) is 0 Å². The second-order valence-corrected chi connectivity index (χ2v) is 6.92. The van der Waals surface area contributed by atoms with Crippen LogP contribution in [0.15, 0.2) is 29.2 Å². The quantitative estimate of drug-likeness (QED) is 0.872. The molecule has 2 N–H and O–H groups in total. The Morgan fingerprint density at radius 1 is 1.25 bits per heavy atom. The first-order valence-corrected chi connectivity index (χ1v) is 8.37. The van der Waals surface area contributed by atoms with Gasteiger partial charge in [0.25, 0.3) is 0 Å². The van der Waals surface area contributed by atoms with Crippen molar-refractivity contribution in [1.82, 2.24) is 4.72 Å². The molecule has 0 heterocycles. The third kappa shape index (κ3) is 3.50. The molecule has 2 atom stereocenters. The van der Waals surface area contributed by atoms with Crippen LogP contribution < -0.4 is 10.0 Å². The van der Waals surface area contributed by atoms with E-state index in [9.17, 15) is 8.42 Å². The molecule has 0 amide bonds. The lowest BCUT2D eigenvalue weighted by Gasteiger charge is -2.30. The summed E-state index contributed by atoms with van der Waals surface area (Å²) < 4.78 is 31.8. The van der Waals surface area contributed by atoms with Gasteiger partial charge < -0.3 is 10.1 Å². The Balaban J connectivity index is 2.17. The van der Waals surface area contributed by atoms with Crippen LogP contribution in [0.2, 0.25) is 0 Å². The summed E-state index contributed by atoms with van der Waals surface area (Å²) in [4.78, 5) is 0.294. The number of rotatable bonds is 5. The molecule has 20 heavy (non-hydrogen) atoms. The van der Waals surface area contributed by atoms with Gasteiger partial charge in [-0.25, -0.2) is 13.1 Å². The van der Waals surface area contributed by atoms with Gasteiger partial charge in [-0.1, -0.05) is 12.1 Å². The van der Waals surface area contributed by atoms with E-state index in [1.54, 1.807) is 25.3 Å². The summed E-state index contributed by atoms with van der Waals surface area (Å²) in [5, 5.41) is 3.36. The van der Waals surface area contributed by atoms with Crippen molar-refractivity contribution >= 4 is 15.7 Å². The van der Waals surface area contributed by atoms with Gasteiger partial charge >= 0.3 is 0 Å². The van der Waals surface area contributed by atoms with E-state index < -0.39 is 10.0 Å². The SMILES string of the molecule is CNS(=O)(=O)c1ccccc1NC1CCCC(OC)C1. The summed E-state index contributed by atoms with van der Waals surface area (Å²) in [6.45, 7) is 0. The van der Waals surface area contributed by atoms with Crippen LogP contribution in [-0.4, -0.2) is 34.7 Å². The van der Waals surface area contributed by atoms with E-state index in [4.69, 9.17) is 4.74 Å². The van der Waals surface area contributed by atoms with E-state index in [1.807, 2.05) is 6.07 Å². The molecule has 0 aromatic heterocycles. The molecule has 0 radical (unpaired) electrons. The topological polar surface area (TPSA) is 67.4 Å². The van der Waals surface area contributed by atoms with E-state index >= 15 is 0 Å². The van der Waals surface area contributed by atoms with Gasteiger partial charge in [0.15, 0.2) is 0 Å². The van der Waals surface area contributed by atoms with Crippen molar-refractivity contribution in [3.8, 4) is 0 Å². The Hall–Kier alpha value is -1.11. The molecule has 0 aliphatic heterocycles. The van der Waals surface area contributed by atoms with Crippen molar-refractivity contribution in [1.29, 1.82) is 0 Å². The van der Waals surface area contributed by atoms with Crippen molar-refractivity contribution < 1.29 is 13.2 Å². The van der Waals surface area contributed by atoms with Crippen molar-refractivity contribution in [2.24, 2.45) is 0 Å². The van der Waals surface area contributed by atoms with Crippen LogP contribution in [0.3, 0.4) is 0 Å². The average Bonchev–Trinajstić information content (AvgIpc) is 2.48. The van der Waals surface area contributed by atoms with Crippen molar-refractivity contribution in [3.63, 3.8) is 0 Å². The van der Waals surface area contributed by atoms with E-state index in [-0.39, 0.29) is 12.1 Å². The molecule has 2 unspecified atom stereocenters. The van der Waals surface area contributed by atoms with E-state index in [0.29, 0.717) is 10.6 Å². The van der Waals surface area contributed by atoms with Gasteiger partial charge in [0.2, 0.25) is 10.0 Å². The highest BCUT2D eigenvalue weighted by molar-refractivity contribution is 7.89. The minimum absolute atomic E-state index is 0.252. The first kappa shape index (κ1) is 15.3. The summed E-state index contributed by atoms with van der Waals surface area (Å²) in [7, 11) is -0.290. The molecule has 0 spiro atoms. The number of nitrogens with one attached hydrogen (secondary N) is 2. The van der Waals surface area contributed by atoms with E-state index in [0.717, 1.165) is 25.7 Å². The predicted molar refractivity (Wildman–Crippen MR) is 79.4 cm³/mol. The van der Waals surface area contributed by atoms with Crippen molar-refractivity contribution in [3.05, 3.63) is 24.3 Å². The maximum Gasteiger partial charge on any atom is 0.242 e. The van der Waals surface area contributed by atoms with Gasteiger partial charge in [0, 0.05) is 13.2 Å². The summed E-state index contributed by atoms with van der Waals surface area (Å²) in [5.74, 6) is 0. The van der Waals surface area contributed by atoms with Gasteiger partial charge in [-0.3, -0.25) is 0 Å². The van der Waals surface area contributed by atoms with Crippen LogP contribution in [0, 0.1) is 0 Å². The zero-order valence-electron chi connectivity index (χ0n) is 11.9. The molecule has 1 aliphatic rings. The van der Waals surface area contributed by atoms with Crippen LogP contribution in [0.5, 0.6) is 0 Å². The molecule has 0 saturated heterocycles. The lowest BCUT2D eigenvalue weighted by atomic mass is 9.92. The number of sulfonamides is 1. The van der Waals surface area contributed by atoms with Gasteiger partial charge in [0.05, 0.1) is 11.8 Å². The number of anilines is 1. The molecule has 1 fully saturated rings. The molecule has 1 saturated carbocycles. The zero-order valence-corrected chi connectivity index (χ0v) is 12.7. The largest absolute Gasteiger partial charge is 0.381 e. The second kappa shape index (κ2) is 6.56. The third-order valence-electron chi connectivity index (χ3n) is 3.76. The summed E-state index contributed by atoms with van der Waals surface area (Å²) >= 11 is 0. The summed E-state index contributed by atoms with van der Waals surface area (Å²) in [6.07, 6.45) is 4.37. The summed E-state index contributed by atoms with van der Waals surface area (Å²) in [6, 6.07) is 7.25. The van der Waals surface area contributed by atoms with Crippen LogP contribution in [0.1, 0.15) is 25.7 Å². The molecule has 5 nitrogen and oxygen atoms in total. The number of hydrogen-bond donors (Lipinski definition) is 2. The Morgan fingerprint density at radius 2 is 2.00 bits per heavy atom. The number of ether oxygens (including phenoxy) is 1. The molecule has 6 heteroatoms. The molecular weight excluding hydrogens is 276 g/mol. The highest BCUT2D eigenvalue weighted by Gasteiger charge is 2.23. The van der Waals surface area contributed by atoms with Crippen LogP contribution in [0.4, 0.5) is 5.69 Å². The summed E-state index contributed by atoms with van der Waals surface area (Å²) in [5.41, 5.74) is 0.656. The minimum Gasteiger partial charge on any atom is -0.381 e. The van der Waals surface area contributed by atoms with Crippen LogP contribution >= 0.6 is 0 Å². The first-order chi connectivity index (χ1) is 9.56. The fraction of sp³-hybridized carbons (Fsp3) is 0.571. The number of hydrogen-bond acceptors (Lipinski definition) is 4. The Morgan fingerprint density at radius 3 is 2.70 bits per heavy atom. The third-order valence-corrected chi connectivity index (χ3v) is 5.24. The smallest absolute Gasteiger partial charge is 0.242 e. The molecule has 2 rings (SSSR count). The molecule has 1 aromatic rings. The number of benzene rings is 1. The van der Waals surface area contributed by atoms with Gasteiger partial charge in [-0.2, -0.15) is 0 Å². The van der Waals surface area contributed by atoms with Crippen LogP contribution in [-0.2, 0) is 14.8 Å². The van der Waals surface area contributed by atoms with Crippen molar-refractivity contribution in [2.45, 2.75) is 42.7 Å². The lowest BCUT2D eigenvalue weighted by Crippen LogP contribution is -2.32. The fourth-order valence-electron chi connectivity index (χ4n) is 2.64. The van der Waals surface area contributed by atoms with Gasteiger partial charge in [0.1, 0.15) is 4.90 Å². The second-order valence-electron chi connectivity index (χ2n) is 5.07. The average molecular weight is 298 g/mol. The highest BCUT2D eigenvalue weighted by atomic mass is 32.2. The molecular formula is C14H22N2O3S.